The standard InChI is InChI=1S/C11H18O3/c1-2-10(9-12)4-3-5-11(8-10)13-6-7-14-11/h9H,2-8H2,1H3. The molecule has 0 radical (unpaired) electrons. The van der Waals surface area contributed by atoms with Crippen molar-refractivity contribution in [3.05, 3.63) is 0 Å². The maximum atomic E-state index is 11.1. The first-order valence-corrected chi connectivity index (χ1v) is 5.48. The average molecular weight is 198 g/mol. The summed E-state index contributed by atoms with van der Waals surface area (Å²) < 4.78 is 11.3. The lowest BCUT2D eigenvalue weighted by Crippen LogP contribution is -2.42. The van der Waals surface area contributed by atoms with Gasteiger partial charge in [-0.05, 0) is 19.3 Å². The Morgan fingerprint density at radius 1 is 1.29 bits per heavy atom. The van der Waals surface area contributed by atoms with Gasteiger partial charge in [0.15, 0.2) is 5.79 Å². The predicted octanol–water partition coefficient (Wildman–Crippen LogP) is 1.90. The fourth-order valence-corrected chi connectivity index (χ4v) is 2.65. The first-order chi connectivity index (χ1) is 6.74. The van der Waals surface area contributed by atoms with E-state index in [0.29, 0.717) is 13.2 Å². The minimum Gasteiger partial charge on any atom is -0.348 e. The molecule has 14 heavy (non-hydrogen) atoms. The molecule has 2 aliphatic rings. The van der Waals surface area contributed by atoms with Crippen LogP contribution in [0.15, 0.2) is 0 Å². The Kier molecular flexibility index (Phi) is 2.62. The second-order valence-corrected chi connectivity index (χ2v) is 4.47. The van der Waals surface area contributed by atoms with Crippen LogP contribution in [0, 0.1) is 5.41 Å². The smallest absolute Gasteiger partial charge is 0.169 e. The summed E-state index contributed by atoms with van der Waals surface area (Å²) in [5.74, 6) is -0.421. The van der Waals surface area contributed by atoms with Crippen LogP contribution in [0.4, 0.5) is 0 Å². The van der Waals surface area contributed by atoms with E-state index in [1.54, 1.807) is 0 Å². The Hall–Kier alpha value is -0.410. The summed E-state index contributed by atoms with van der Waals surface area (Å²) in [5.41, 5.74) is -0.192. The van der Waals surface area contributed by atoms with Crippen molar-refractivity contribution in [3.63, 3.8) is 0 Å². The van der Waals surface area contributed by atoms with Crippen molar-refractivity contribution in [1.29, 1.82) is 0 Å². The van der Waals surface area contributed by atoms with Gasteiger partial charge in [-0.25, -0.2) is 0 Å². The molecule has 1 aliphatic carbocycles. The molecule has 80 valence electrons. The zero-order chi connectivity index (χ0) is 10.1. The zero-order valence-corrected chi connectivity index (χ0v) is 8.75. The molecule has 1 saturated carbocycles. The first-order valence-electron chi connectivity index (χ1n) is 5.48. The highest BCUT2D eigenvalue weighted by Gasteiger charge is 2.47. The van der Waals surface area contributed by atoms with Gasteiger partial charge in [-0.15, -0.1) is 0 Å². The molecule has 0 aromatic rings. The van der Waals surface area contributed by atoms with Crippen LogP contribution in [-0.4, -0.2) is 25.3 Å². The third-order valence-corrected chi connectivity index (χ3v) is 3.62. The summed E-state index contributed by atoms with van der Waals surface area (Å²) in [6, 6.07) is 0. The van der Waals surface area contributed by atoms with Gasteiger partial charge in [0, 0.05) is 18.3 Å². The largest absolute Gasteiger partial charge is 0.348 e. The van der Waals surface area contributed by atoms with E-state index in [9.17, 15) is 4.79 Å². The topological polar surface area (TPSA) is 35.5 Å². The van der Waals surface area contributed by atoms with Crippen LogP contribution in [0.3, 0.4) is 0 Å². The molecule has 0 aromatic carbocycles. The normalized spacial score (nSPS) is 36.1. The van der Waals surface area contributed by atoms with E-state index in [1.807, 2.05) is 0 Å². The molecule has 0 N–H and O–H groups in total. The van der Waals surface area contributed by atoms with Crippen molar-refractivity contribution in [2.24, 2.45) is 5.41 Å². The van der Waals surface area contributed by atoms with Gasteiger partial charge in [0.05, 0.1) is 13.2 Å². The molecule has 1 atom stereocenters. The highest BCUT2D eigenvalue weighted by molar-refractivity contribution is 5.59. The number of carbonyl (C=O) groups excluding carboxylic acids is 1. The van der Waals surface area contributed by atoms with Crippen LogP contribution in [0.1, 0.15) is 39.0 Å². The fourth-order valence-electron chi connectivity index (χ4n) is 2.65. The zero-order valence-electron chi connectivity index (χ0n) is 8.75. The van der Waals surface area contributed by atoms with Gasteiger partial charge in [-0.3, -0.25) is 0 Å². The molecule has 1 unspecified atom stereocenters. The van der Waals surface area contributed by atoms with Gasteiger partial charge in [-0.2, -0.15) is 0 Å². The lowest BCUT2D eigenvalue weighted by Gasteiger charge is -2.41. The van der Waals surface area contributed by atoms with Gasteiger partial charge in [0.2, 0.25) is 0 Å². The SMILES string of the molecule is CCC1(C=O)CCCC2(C1)OCCO2. The maximum Gasteiger partial charge on any atom is 0.169 e. The monoisotopic (exact) mass is 198 g/mol. The van der Waals surface area contributed by atoms with Crippen molar-refractivity contribution in [2.45, 2.75) is 44.8 Å². The predicted molar refractivity (Wildman–Crippen MR) is 51.9 cm³/mol. The molecule has 0 amide bonds. The molecule has 0 aromatic heterocycles. The molecule has 1 spiro atoms. The average Bonchev–Trinajstić information content (AvgIpc) is 2.66. The van der Waals surface area contributed by atoms with Gasteiger partial charge in [0.25, 0.3) is 0 Å². The van der Waals surface area contributed by atoms with Crippen LogP contribution >= 0.6 is 0 Å². The fraction of sp³-hybridized carbons (Fsp3) is 0.909. The van der Waals surface area contributed by atoms with E-state index in [-0.39, 0.29) is 5.41 Å². The molecule has 1 aliphatic heterocycles. The molecular weight excluding hydrogens is 180 g/mol. The van der Waals surface area contributed by atoms with Crippen LogP contribution in [0.25, 0.3) is 0 Å². The summed E-state index contributed by atoms with van der Waals surface area (Å²) in [4.78, 5) is 11.1. The van der Waals surface area contributed by atoms with Crippen molar-refractivity contribution in [3.8, 4) is 0 Å². The number of hydrogen-bond donors (Lipinski definition) is 0. The van der Waals surface area contributed by atoms with Crippen molar-refractivity contribution in [1.82, 2.24) is 0 Å². The maximum absolute atomic E-state index is 11.1. The molecule has 0 bridgehead atoms. The highest BCUT2D eigenvalue weighted by Crippen LogP contribution is 2.46. The van der Waals surface area contributed by atoms with Gasteiger partial charge < -0.3 is 14.3 Å². The summed E-state index contributed by atoms with van der Waals surface area (Å²) >= 11 is 0. The number of carbonyl (C=O) groups is 1. The quantitative estimate of drug-likeness (QED) is 0.636. The van der Waals surface area contributed by atoms with Gasteiger partial charge in [0.1, 0.15) is 6.29 Å². The van der Waals surface area contributed by atoms with E-state index in [1.165, 1.54) is 0 Å². The number of aldehydes is 1. The summed E-state index contributed by atoms with van der Waals surface area (Å²) in [5, 5.41) is 0. The highest BCUT2D eigenvalue weighted by atomic mass is 16.7. The van der Waals surface area contributed by atoms with Crippen molar-refractivity contribution in [2.75, 3.05) is 13.2 Å². The van der Waals surface area contributed by atoms with E-state index >= 15 is 0 Å². The second-order valence-electron chi connectivity index (χ2n) is 4.47. The van der Waals surface area contributed by atoms with Crippen LogP contribution in [0.2, 0.25) is 0 Å². The lowest BCUT2D eigenvalue weighted by atomic mass is 9.71. The molecule has 1 heterocycles. The van der Waals surface area contributed by atoms with Crippen molar-refractivity contribution < 1.29 is 14.3 Å². The first kappa shape index (κ1) is 10.1. The Bertz CT molecular complexity index is 221. The van der Waals surface area contributed by atoms with Crippen molar-refractivity contribution >= 4 is 6.29 Å². The molecular formula is C11H18O3. The second kappa shape index (κ2) is 3.63. The Balaban J connectivity index is 2.12. The van der Waals surface area contributed by atoms with Crippen LogP contribution < -0.4 is 0 Å². The summed E-state index contributed by atoms with van der Waals surface area (Å²) in [6.45, 7) is 3.43. The minimum atomic E-state index is -0.421. The third-order valence-electron chi connectivity index (χ3n) is 3.62. The Morgan fingerprint density at radius 3 is 2.57 bits per heavy atom. The summed E-state index contributed by atoms with van der Waals surface area (Å²) in [6.07, 6.45) is 5.72. The van der Waals surface area contributed by atoms with Gasteiger partial charge >= 0.3 is 0 Å². The third kappa shape index (κ3) is 1.59. The Morgan fingerprint density at radius 2 is 2.00 bits per heavy atom. The van der Waals surface area contributed by atoms with Crippen LogP contribution in [-0.2, 0) is 14.3 Å². The molecule has 3 nitrogen and oxygen atoms in total. The molecule has 2 fully saturated rings. The molecule has 2 rings (SSSR count). The van der Waals surface area contributed by atoms with E-state index in [2.05, 4.69) is 6.92 Å². The Labute approximate surface area is 84.8 Å². The number of rotatable bonds is 2. The van der Waals surface area contributed by atoms with Crippen LogP contribution in [0.5, 0.6) is 0 Å². The van der Waals surface area contributed by atoms with E-state index < -0.39 is 5.79 Å². The molecule has 3 heteroatoms. The van der Waals surface area contributed by atoms with Gasteiger partial charge in [-0.1, -0.05) is 6.92 Å². The number of hydrogen-bond acceptors (Lipinski definition) is 3. The van der Waals surface area contributed by atoms with E-state index in [0.717, 1.165) is 38.4 Å². The minimum absolute atomic E-state index is 0.192. The van der Waals surface area contributed by atoms with E-state index in [4.69, 9.17) is 9.47 Å². The number of ether oxygens (including phenoxy) is 2. The summed E-state index contributed by atoms with van der Waals surface area (Å²) in [7, 11) is 0. The lowest BCUT2D eigenvalue weighted by molar-refractivity contribution is -0.200. The molecule has 1 saturated heterocycles.